The number of carboxylic acid groups (broad SMARTS) is 1. The average Bonchev–Trinajstić information content (AvgIpc) is 2.88. The SMILES string of the molecule is COc1ccc2nccc(CCC[C@@H]3CCN(CCCc4cnccn4)C[C@@H]3CCC(=O)O)c2c1. The summed E-state index contributed by atoms with van der Waals surface area (Å²) < 4.78 is 5.41. The molecule has 7 heteroatoms. The highest BCUT2D eigenvalue weighted by molar-refractivity contribution is 5.83. The Morgan fingerprint density at radius 2 is 2.00 bits per heavy atom. The number of hydrogen-bond donors (Lipinski definition) is 1. The molecule has 1 N–H and O–H groups in total. The Morgan fingerprint density at radius 1 is 1.09 bits per heavy atom. The smallest absolute Gasteiger partial charge is 0.303 e. The Hall–Kier alpha value is -3.06. The van der Waals surface area contributed by atoms with E-state index in [-0.39, 0.29) is 6.42 Å². The van der Waals surface area contributed by atoms with Gasteiger partial charge in [0.2, 0.25) is 0 Å². The van der Waals surface area contributed by atoms with E-state index in [1.165, 1.54) is 5.56 Å². The summed E-state index contributed by atoms with van der Waals surface area (Å²) in [5.74, 6) is 1.17. The standard InChI is InChI=1S/C28H36N4O3/c1-35-25-8-9-27-26(18-25)22(11-13-31-27)5-2-4-21-12-17-32(20-23(21)7-10-28(33)34)16-3-6-24-19-29-14-15-30-24/h8-9,11,13-15,18-19,21,23H,2-7,10,12,16-17,20H2,1H3,(H,33,34)/t21-,23+/m1/s1. The van der Waals surface area contributed by atoms with Gasteiger partial charge in [0.25, 0.3) is 0 Å². The van der Waals surface area contributed by atoms with Gasteiger partial charge in [-0.2, -0.15) is 0 Å². The van der Waals surface area contributed by atoms with Gasteiger partial charge in [-0.15, -0.1) is 0 Å². The van der Waals surface area contributed by atoms with Crippen LogP contribution in [-0.4, -0.2) is 57.7 Å². The normalized spacial score (nSPS) is 18.5. The van der Waals surface area contributed by atoms with Crippen molar-refractivity contribution in [3.8, 4) is 5.75 Å². The first-order chi connectivity index (χ1) is 17.1. The summed E-state index contributed by atoms with van der Waals surface area (Å²) in [6.45, 7) is 3.11. The second kappa shape index (κ2) is 12.6. The quantitative estimate of drug-likeness (QED) is 0.402. The third-order valence-corrected chi connectivity index (χ3v) is 7.29. The van der Waals surface area contributed by atoms with Crippen LogP contribution in [0.4, 0.5) is 0 Å². The lowest BCUT2D eigenvalue weighted by molar-refractivity contribution is -0.137. The molecule has 2 aromatic heterocycles. The molecule has 1 aliphatic rings. The van der Waals surface area contributed by atoms with Crippen LogP contribution in [0.25, 0.3) is 10.9 Å². The zero-order valence-electron chi connectivity index (χ0n) is 20.6. The number of carboxylic acids is 1. The minimum absolute atomic E-state index is 0.253. The van der Waals surface area contributed by atoms with Crippen molar-refractivity contribution in [1.82, 2.24) is 19.9 Å². The number of nitrogens with zero attached hydrogens (tertiary/aromatic N) is 4. The highest BCUT2D eigenvalue weighted by Gasteiger charge is 2.29. The summed E-state index contributed by atoms with van der Waals surface area (Å²) in [4.78, 5) is 26.8. The number of likely N-dealkylation sites (tertiary alicyclic amines) is 1. The molecule has 0 unspecified atom stereocenters. The van der Waals surface area contributed by atoms with Crippen molar-refractivity contribution in [2.75, 3.05) is 26.7 Å². The largest absolute Gasteiger partial charge is 0.497 e. The minimum Gasteiger partial charge on any atom is -0.497 e. The van der Waals surface area contributed by atoms with E-state index < -0.39 is 5.97 Å². The maximum atomic E-state index is 11.3. The van der Waals surface area contributed by atoms with Crippen LogP contribution in [0.15, 0.2) is 49.1 Å². The molecular formula is C28H36N4O3. The molecule has 7 nitrogen and oxygen atoms in total. The lowest BCUT2D eigenvalue weighted by Crippen LogP contribution is -2.41. The number of aryl methyl sites for hydroxylation is 2. The summed E-state index contributed by atoms with van der Waals surface area (Å²) in [5.41, 5.74) is 3.33. The fourth-order valence-electron chi connectivity index (χ4n) is 5.40. The van der Waals surface area contributed by atoms with Crippen LogP contribution in [0.2, 0.25) is 0 Å². The molecule has 3 heterocycles. The van der Waals surface area contributed by atoms with E-state index in [0.717, 1.165) is 86.9 Å². The lowest BCUT2D eigenvalue weighted by atomic mass is 9.79. The van der Waals surface area contributed by atoms with Crippen LogP contribution in [0, 0.1) is 11.8 Å². The third kappa shape index (κ3) is 7.21. The van der Waals surface area contributed by atoms with Gasteiger partial charge in [-0.25, -0.2) is 0 Å². The zero-order valence-corrected chi connectivity index (χ0v) is 20.6. The molecule has 0 amide bonds. The Bertz CT molecular complexity index is 1090. The number of ether oxygens (including phenoxy) is 1. The number of methoxy groups -OCH3 is 1. The van der Waals surface area contributed by atoms with Gasteiger partial charge in [0.15, 0.2) is 0 Å². The van der Waals surface area contributed by atoms with Gasteiger partial charge < -0.3 is 14.7 Å². The Balaban J connectivity index is 1.31. The first-order valence-electron chi connectivity index (χ1n) is 12.7. The monoisotopic (exact) mass is 476 g/mol. The molecule has 1 fully saturated rings. The van der Waals surface area contributed by atoms with Gasteiger partial charge >= 0.3 is 5.97 Å². The number of benzene rings is 1. The van der Waals surface area contributed by atoms with Crippen LogP contribution in [-0.2, 0) is 17.6 Å². The summed E-state index contributed by atoms with van der Waals surface area (Å²) in [5, 5.41) is 10.4. The van der Waals surface area contributed by atoms with Crippen molar-refractivity contribution in [2.45, 2.75) is 51.4 Å². The lowest BCUT2D eigenvalue weighted by Gasteiger charge is -2.39. The van der Waals surface area contributed by atoms with E-state index in [9.17, 15) is 9.90 Å². The van der Waals surface area contributed by atoms with Crippen LogP contribution in [0.3, 0.4) is 0 Å². The van der Waals surface area contributed by atoms with Crippen LogP contribution in [0.1, 0.15) is 49.8 Å². The molecule has 35 heavy (non-hydrogen) atoms. The predicted octanol–water partition coefficient (Wildman–Crippen LogP) is 4.79. The van der Waals surface area contributed by atoms with Gasteiger partial charge in [-0.05, 0) is 99.7 Å². The molecule has 0 radical (unpaired) electrons. The van der Waals surface area contributed by atoms with Gasteiger partial charge in [0, 0.05) is 43.1 Å². The minimum atomic E-state index is -0.694. The van der Waals surface area contributed by atoms with Crippen molar-refractivity contribution in [3.05, 3.63) is 60.3 Å². The molecule has 4 rings (SSSR count). The molecule has 2 atom stereocenters. The molecule has 1 saturated heterocycles. The maximum Gasteiger partial charge on any atom is 0.303 e. The van der Waals surface area contributed by atoms with Crippen molar-refractivity contribution in [2.24, 2.45) is 11.8 Å². The van der Waals surface area contributed by atoms with E-state index in [2.05, 4.69) is 32.0 Å². The predicted molar refractivity (Wildman–Crippen MR) is 136 cm³/mol. The van der Waals surface area contributed by atoms with E-state index >= 15 is 0 Å². The van der Waals surface area contributed by atoms with E-state index in [1.807, 2.05) is 24.5 Å². The molecule has 3 aromatic rings. The summed E-state index contributed by atoms with van der Waals surface area (Å²) in [6.07, 6.45) is 14.5. The van der Waals surface area contributed by atoms with Crippen LogP contribution < -0.4 is 4.74 Å². The first kappa shape index (κ1) is 25.0. The number of aliphatic carboxylic acids is 1. The third-order valence-electron chi connectivity index (χ3n) is 7.29. The molecule has 186 valence electrons. The molecule has 0 saturated carbocycles. The number of pyridine rings is 1. The van der Waals surface area contributed by atoms with E-state index in [4.69, 9.17) is 4.74 Å². The highest BCUT2D eigenvalue weighted by Crippen LogP contribution is 2.32. The van der Waals surface area contributed by atoms with Gasteiger partial charge in [0.05, 0.1) is 18.3 Å². The van der Waals surface area contributed by atoms with E-state index in [1.54, 1.807) is 19.5 Å². The molecule has 1 aromatic carbocycles. The second-order valence-electron chi connectivity index (χ2n) is 9.59. The van der Waals surface area contributed by atoms with Gasteiger partial charge in [0.1, 0.15) is 5.75 Å². The first-order valence-corrected chi connectivity index (χ1v) is 12.7. The molecule has 0 spiro atoms. The molecular weight excluding hydrogens is 440 g/mol. The molecule has 1 aliphatic heterocycles. The number of hydrogen-bond acceptors (Lipinski definition) is 6. The Labute approximate surface area is 207 Å². The van der Waals surface area contributed by atoms with Crippen molar-refractivity contribution in [1.29, 1.82) is 0 Å². The van der Waals surface area contributed by atoms with Crippen LogP contribution in [0.5, 0.6) is 5.75 Å². The highest BCUT2D eigenvalue weighted by atomic mass is 16.5. The number of fused-ring (bicyclic) bond motifs is 1. The van der Waals surface area contributed by atoms with Crippen molar-refractivity contribution in [3.63, 3.8) is 0 Å². The van der Waals surface area contributed by atoms with Crippen LogP contribution >= 0.6 is 0 Å². The fourth-order valence-corrected chi connectivity index (χ4v) is 5.40. The number of carbonyl (C=O) groups is 1. The number of aromatic nitrogens is 3. The average molecular weight is 477 g/mol. The Kier molecular flexibility index (Phi) is 9.01. The maximum absolute atomic E-state index is 11.3. The van der Waals surface area contributed by atoms with Gasteiger partial charge in [-0.3, -0.25) is 19.7 Å². The van der Waals surface area contributed by atoms with Crippen molar-refractivity contribution >= 4 is 16.9 Å². The summed E-state index contributed by atoms with van der Waals surface area (Å²) >= 11 is 0. The fraction of sp³-hybridized carbons (Fsp3) is 0.500. The topological polar surface area (TPSA) is 88.4 Å². The summed E-state index contributed by atoms with van der Waals surface area (Å²) in [6, 6.07) is 8.16. The number of rotatable bonds is 12. The van der Waals surface area contributed by atoms with Gasteiger partial charge in [-0.1, -0.05) is 0 Å². The molecule has 0 bridgehead atoms. The summed E-state index contributed by atoms with van der Waals surface area (Å²) in [7, 11) is 1.69. The van der Waals surface area contributed by atoms with Crippen molar-refractivity contribution < 1.29 is 14.6 Å². The molecule has 0 aliphatic carbocycles. The second-order valence-corrected chi connectivity index (χ2v) is 9.59. The number of piperidine rings is 1. The Morgan fingerprint density at radius 3 is 2.80 bits per heavy atom. The van der Waals surface area contributed by atoms with E-state index in [0.29, 0.717) is 11.8 Å². The zero-order chi connectivity index (χ0) is 24.5.